The maximum Gasteiger partial charge on any atom is 0.336 e. The van der Waals surface area contributed by atoms with Gasteiger partial charge in [0.1, 0.15) is 5.82 Å². The lowest BCUT2D eigenvalue weighted by molar-refractivity contribution is 0.0695. The van der Waals surface area contributed by atoms with Gasteiger partial charge in [0.05, 0.1) is 5.56 Å². The van der Waals surface area contributed by atoms with Crippen molar-refractivity contribution in [2.24, 2.45) is 0 Å². The van der Waals surface area contributed by atoms with Crippen LogP contribution in [0.2, 0.25) is 0 Å². The Balaban J connectivity index is 2.05. The molecule has 0 aliphatic carbocycles. The molecular weight excluding hydrogens is 247 g/mol. The molecule has 5 heteroatoms. The first-order valence-corrected chi connectivity index (χ1v) is 6.53. The van der Waals surface area contributed by atoms with E-state index in [0.29, 0.717) is 6.42 Å². The van der Waals surface area contributed by atoms with Gasteiger partial charge in [0.25, 0.3) is 0 Å². The van der Waals surface area contributed by atoms with Gasteiger partial charge in [-0.15, -0.1) is 0 Å². The number of carbonyl (C=O) groups is 1. The van der Waals surface area contributed by atoms with E-state index >= 15 is 0 Å². The highest BCUT2D eigenvalue weighted by Crippen LogP contribution is 2.16. The van der Waals surface area contributed by atoms with Crippen molar-refractivity contribution in [3.63, 3.8) is 0 Å². The highest BCUT2D eigenvalue weighted by Gasteiger charge is 2.14. The summed E-state index contributed by atoms with van der Waals surface area (Å²) in [5.74, 6) is -1.50. The molecule has 0 amide bonds. The van der Waals surface area contributed by atoms with Crippen molar-refractivity contribution in [2.75, 3.05) is 32.7 Å². The zero-order valence-corrected chi connectivity index (χ0v) is 11.1. The second kappa shape index (κ2) is 6.12. The summed E-state index contributed by atoms with van der Waals surface area (Å²) in [7, 11) is 0. The number of rotatable bonds is 4. The van der Waals surface area contributed by atoms with Crippen molar-refractivity contribution in [1.29, 1.82) is 0 Å². The Morgan fingerprint density at radius 3 is 2.74 bits per heavy atom. The molecule has 2 rings (SSSR count). The standard InChI is InChI=1S/C14H19FN2O2/c1-10-12(14(18)19)8-11(9-13(10)15)2-5-17-6-3-16-4-7-17/h8-9,16H,2-7H2,1H3,(H,18,19). The predicted molar refractivity (Wildman–Crippen MR) is 71.1 cm³/mol. The summed E-state index contributed by atoms with van der Waals surface area (Å²) in [5.41, 5.74) is 1.02. The molecule has 2 N–H and O–H groups in total. The van der Waals surface area contributed by atoms with Gasteiger partial charge in [0, 0.05) is 32.7 Å². The first-order valence-electron chi connectivity index (χ1n) is 6.53. The molecule has 1 aliphatic rings. The summed E-state index contributed by atoms with van der Waals surface area (Å²) in [5, 5.41) is 12.3. The Kier molecular flexibility index (Phi) is 4.50. The number of aromatic carboxylic acids is 1. The van der Waals surface area contributed by atoms with Crippen LogP contribution >= 0.6 is 0 Å². The number of halogens is 1. The van der Waals surface area contributed by atoms with Gasteiger partial charge in [-0.1, -0.05) is 0 Å². The van der Waals surface area contributed by atoms with Crippen LogP contribution in [-0.4, -0.2) is 48.7 Å². The highest BCUT2D eigenvalue weighted by molar-refractivity contribution is 5.89. The molecule has 1 aromatic carbocycles. The Morgan fingerprint density at radius 1 is 1.42 bits per heavy atom. The zero-order chi connectivity index (χ0) is 13.8. The molecule has 0 aromatic heterocycles. The fourth-order valence-corrected chi connectivity index (χ4v) is 2.32. The van der Waals surface area contributed by atoms with Gasteiger partial charge in [-0.25, -0.2) is 9.18 Å². The quantitative estimate of drug-likeness (QED) is 0.862. The maximum atomic E-state index is 13.7. The fraction of sp³-hybridized carbons (Fsp3) is 0.500. The molecule has 1 saturated heterocycles. The van der Waals surface area contributed by atoms with Crippen molar-refractivity contribution in [3.05, 3.63) is 34.6 Å². The van der Waals surface area contributed by atoms with E-state index in [1.165, 1.54) is 13.0 Å². The SMILES string of the molecule is Cc1c(F)cc(CCN2CCNCC2)cc1C(=O)O. The van der Waals surface area contributed by atoms with Crippen molar-refractivity contribution in [3.8, 4) is 0 Å². The Labute approximate surface area is 112 Å². The number of hydrogen-bond acceptors (Lipinski definition) is 3. The van der Waals surface area contributed by atoms with Crippen LogP contribution in [0, 0.1) is 12.7 Å². The molecule has 0 radical (unpaired) electrons. The molecule has 1 fully saturated rings. The number of hydrogen-bond donors (Lipinski definition) is 2. The molecule has 4 nitrogen and oxygen atoms in total. The summed E-state index contributed by atoms with van der Waals surface area (Å²) in [4.78, 5) is 13.3. The van der Waals surface area contributed by atoms with Crippen molar-refractivity contribution in [2.45, 2.75) is 13.3 Å². The van der Waals surface area contributed by atoms with Crippen LogP contribution in [0.15, 0.2) is 12.1 Å². The van der Waals surface area contributed by atoms with Gasteiger partial charge in [0.2, 0.25) is 0 Å². The molecule has 0 saturated carbocycles. The van der Waals surface area contributed by atoms with Gasteiger partial charge in [-0.3, -0.25) is 0 Å². The summed E-state index contributed by atoms with van der Waals surface area (Å²) in [6, 6.07) is 3.03. The smallest absolute Gasteiger partial charge is 0.336 e. The Hall–Kier alpha value is -1.46. The normalized spacial score (nSPS) is 16.5. The van der Waals surface area contributed by atoms with E-state index in [1.54, 1.807) is 6.07 Å². The van der Waals surface area contributed by atoms with Crippen LogP contribution in [0.25, 0.3) is 0 Å². The lowest BCUT2D eigenvalue weighted by Gasteiger charge is -2.27. The van der Waals surface area contributed by atoms with E-state index < -0.39 is 11.8 Å². The van der Waals surface area contributed by atoms with E-state index in [9.17, 15) is 9.18 Å². The molecule has 0 bridgehead atoms. The van der Waals surface area contributed by atoms with Crippen LogP contribution in [0.5, 0.6) is 0 Å². The van der Waals surface area contributed by atoms with Gasteiger partial charge in [-0.05, 0) is 36.6 Å². The Bertz CT molecular complexity index is 471. The van der Waals surface area contributed by atoms with E-state index in [1.807, 2.05) is 0 Å². The van der Waals surface area contributed by atoms with Crippen LogP contribution in [0.1, 0.15) is 21.5 Å². The fourth-order valence-electron chi connectivity index (χ4n) is 2.32. The summed E-state index contributed by atoms with van der Waals surface area (Å²) >= 11 is 0. The average molecular weight is 266 g/mol. The second-order valence-electron chi connectivity index (χ2n) is 4.90. The van der Waals surface area contributed by atoms with Crippen LogP contribution in [0.4, 0.5) is 4.39 Å². The topological polar surface area (TPSA) is 52.6 Å². The van der Waals surface area contributed by atoms with Crippen molar-refractivity contribution in [1.82, 2.24) is 10.2 Å². The lowest BCUT2D eigenvalue weighted by Crippen LogP contribution is -2.44. The lowest BCUT2D eigenvalue weighted by atomic mass is 10.0. The molecule has 19 heavy (non-hydrogen) atoms. The minimum atomic E-state index is -1.07. The first-order chi connectivity index (χ1) is 9.08. The molecule has 1 aliphatic heterocycles. The van der Waals surface area contributed by atoms with Gasteiger partial charge in [-0.2, -0.15) is 0 Å². The van der Waals surface area contributed by atoms with E-state index in [-0.39, 0.29) is 11.1 Å². The molecule has 0 unspecified atom stereocenters. The highest BCUT2D eigenvalue weighted by atomic mass is 19.1. The van der Waals surface area contributed by atoms with Gasteiger partial charge in [0.15, 0.2) is 0 Å². The van der Waals surface area contributed by atoms with Gasteiger partial charge >= 0.3 is 5.97 Å². The molecule has 1 heterocycles. The first kappa shape index (κ1) is 14.0. The Morgan fingerprint density at radius 2 is 2.11 bits per heavy atom. The van der Waals surface area contributed by atoms with Crippen LogP contribution in [-0.2, 0) is 6.42 Å². The minimum absolute atomic E-state index is 0.0651. The van der Waals surface area contributed by atoms with Crippen molar-refractivity contribution >= 4 is 5.97 Å². The van der Waals surface area contributed by atoms with E-state index in [2.05, 4.69) is 10.2 Å². The zero-order valence-electron chi connectivity index (χ0n) is 11.1. The summed E-state index contributed by atoms with van der Waals surface area (Å²) < 4.78 is 13.7. The van der Waals surface area contributed by atoms with Crippen LogP contribution < -0.4 is 5.32 Å². The molecule has 1 aromatic rings. The number of carboxylic acid groups (broad SMARTS) is 1. The van der Waals surface area contributed by atoms with Crippen molar-refractivity contribution < 1.29 is 14.3 Å². The third-order valence-corrected chi connectivity index (χ3v) is 3.56. The summed E-state index contributed by atoms with van der Waals surface area (Å²) in [6.07, 6.45) is 0.678. The van der Waals surface area contributed by atoms with Gasteiger partial charge < -0.3 is 15.3 Å². The second-order valence-corrected chi connectivity index (χ2v) is 4.90. The number of piperazine rings is 1. The molecule has 0 atom stereocenters. The largest absolute Gasteiger partial charge is 0.478 e. The summed E-state index contributed by atoms with van der Waals surface area (Å²) in [6.45, 7) is 6.26. The van der Waals surface area contributed by atoms with E-state index in [0.717, 1.165) is 38.3 Å². The third kappa shape index (κ3) is 3.52. The molecular formula is C14H19FN2O2. The number of nitrogens with one attached hydrogen (secondary N) is 1. The molecule has 0 spiro atoms. The predicted octanol–water partition coefficient (Wildman–Crippen LogP) is 1.28. The maximum absolute atomic E-state index is 13.7. The molecule has 104 valence electrons. The third-order valence-electron chi connectivity index (χ3n) is 3.56. The number of benzene rings is 1. The average Bonchev–Trinajstić information content (AvgIpc) is 2.41. The van der Waals surface area contributed by atoms with Crippen LogP contribution in [0.3, 0.4) is 0 Å². The number of carboxylic acids is 1. The monoisotopic (exact) mass is 266 g/mol. The minimum Gasteiger partial charge on any atom is -0.478 e. The number of nitrogens with zero attached hydrogens (tertiary/aromatic N) is 1. The van der Waals surface area contributed by atoms with E-state index in [4.69, 9.17) is 5.11 Å².